The summed E-state index contributed by atoms with van der Waals surface area (Å²) in [5.74, 6) is 0.190. The number of nitrogens with zero attached hydrogens (tertiary/aromatic N) is 2. The van der Waals surface area contributed by atoms with Crippen molar-refractivity contribution in [1.29, 1.82) is 0 Å². The van der Waals surface area contributed by atoms with E-state index < -0.39 is 0 Å². The van der Waals surface area contributed by atoms with Crippen LogP contribution >= 0.6 is 0 Å². The molecule has 2 atom stereocenters. The van der Waals surface area contributed by atoms with Crippen molar-refractivity contribution in [3.05, 3.63) is 35.9 Å². The van der Waals surface area contributed by atoms with Crippen molar-refractivity contribution >= 4 is 5.91 Å². The van der Waals surface area contributed by atoms with Crippen molar-refractivity contribution in [1.82, 2.24) is 9.80 Å². The van der Waals surface area contributed by atoms with Crippen molar-refractivity contribution < 1.29 is 4.79 Å². The number of nitrogens with two attached hydrogens (primary N) is 1. The average Bonchev–Trinajstić information content (AvgIpc) is 2.51. The molecule has 4 nitrogen and oxygen atoms in total. The van der Waals surface area contributed by atoms with Crippen LogP contribution < -0.4 is 5.73 Å². The van der Waals surface area contributed by atoms with Crippen LogP contribution in [0, 0.1) is 5.41 Å². The Bertz CT molecular complexity index is 500. The molecule has 2 unspecified atom stereocenters. The van der Waals surface area contributed by atoms with Gasteiger partial charge in [-0.15, -0.1) is 0 Å². The zero-order valence-electron chi connectivity index (χ0n) is 14.2. The van der Waals surface area contributed by atoms with Crippen LogP contribution in [-0.4, -0.2) is 48.4 Å². The maximum Gasteiger partial charge on any atom is 0.244 e. The SMILES string of the molecule is CCN(C)C(C(=O)N1CCC(N)C(C)(C)C1)c1ccccc1. The van der Waals surface area contributed by atoms with Gasteiger partial charge in [-0.1, -0.05) is 51.1 Å². The maximum atomic E-state index is 13.1. The minimum atomic E-state index is -0.212. The van der Waals surface area contributed by atoms with E-state index in [4.69, 9.17) is 5.73 Å². The molecule has 122 valence electrons. The lowest BCUT2D eigenvalue weighted by Gasteiger charge is -2.44. The Morgan fingerprint density at radius 1 is 1.41 bits per heavy atom. The molecule has 0 spiro atoms. The smallest absolute Gasteiger partial charge is 0.244 e. The summed E-state index contributed by atoms with van der Waals surface area (Å²) in [6.45, 7) is 8.70. The van der Waals surface area contributed by atoms with Crippen LogP contribution in [0.5, 0.6) is 0 Å². The molecule has 1 heterocycles. The number of benzene rings is 1. The van der Waals surface area contributed by atoms with Gasteiger partial charge in [0.05, 0.1) is 0 Å². The van der Waals surface area contributed by atoms with Crippen molar-refractivity contribution in [2.45, 2.75) is 39.3 Å². The monoisotopic (exact) mass is 303 g/mol. The summed E-state index contributed by atoms with van der Waals surface area (Å²) >= 11 is 0. The van der Waals surface area contributed by atoms with Gasteiger partial charge in [-0.05, 0) is 31.0 Å². The fraction of sp³-hybridized carbons (Fsp3) is 0.611. The Balaban J connectivity index is 2.23. The Morgan fingerprint density at radius 3 is 2.59 bits per heavy atom. The molecular weight excluding hydrogens is 274 g/mol. The third-order valence-electron chi connectivity index (χ3n) is 4.91. The van der Waals surface area contributed by atoms with Crippen LogP contribution in [0.4, 0.5) is 0 Å². The van der Waals surface area contributed by atoms with Crippen molar-refractivity contribution in [2.75, 3.05) is 26.7 Å². The quantitative estimate of drug-likeness (QED) is 0.928. The lowest BCUT2D eigenvalue weighted by Crippen LogP contribution is -2.55. The first kappa shape index (κ1) is 17.0. The largest absolute Gasteiger partial charge is 0.340 e. The molecule has 1 amide bonds. The molecule has 0 bridgehead atoms. The van der Waals surface area contributed by atoms with Gasteiger partial charge in [0.2, 0.25) is 5.91 Å². The highest BCUT2D eigenvalue weighted by Gasteiger charge is 2.38. The first-order chi connectivity index (χ1) is 10.4. The minimum Gasteiger partial charge on any atom is -0.340 e. The predicted octanol–water partition coefficient (Wildman–Crippen LogP) is 2.27. The normalized spacial score (nSPS) is 22.6. The summed E-state index contributed by atoms with van der Waals surface area (Å²) in [6, 6.07) is 10.0. The molecule has 1 saturated heterocycles. The van der Waals surface area contributed by atoms with Crippen LogP contribution in [0.25, 0.3) is 0 Å². The van der Waals surface area contributed by atoms with Gasteiger partial charge in [0.25, 0.3) is 0 Å². The second-order valence-electron chi connectivity index (χ2n) is 7.03. The molecule has 1 fully saturated rings. The zero-order valence-corrected chi connectivity index (χ0v) is 14.2. The van der Waals surface area contributed by atoms with E-state index in [1.54, 1.807) is 0 Å². The van der Waals surface area contributed by atoms with E-state index in [0.717, 1.165) is 31.6 Å². The molecule has 1 aromatic carbocycles. The van der Waals surface area contributed by atoms with Gasteiger partial charge < -0.3 is 10.6 Å². The van der Waals surface area contributed by atoms with Gasteiger partial charge in [0, 0.05) is 19.1 Å². The van der Waals surface area contributed by atoms with Crippen LogP contribution in [-0.2, 0) is 4.79 Å². The van der Waals surface area contributed by atoms with E-state index in [2.05, 4.69) is 25.7 Å². The molecule has 0 radical (unpaired) electrons. The molecule has 1 aromatic rings. The lowest BCUT2D eigenvalue weighted by molar-refractivity contribution is -0.140. The van der Waals surface area contributed by atoms with E-state index in [9.17, 15) is 4.79 Å². The van der Waals surface area contributed by atoms with Crippen molar-refractivity contribution in [3.63, 3.8) is 0 Å². The second kappa shape index (κ2) is 6.80. The number of hydrogen-bond acceptors (Lipinski definition) is 3. The maximum absolute atomic E-state index is 13.1. The number of rotatable bonds is 4. The molecule has 22 heavy (non-hydrogen) atoms. The Morgan fingerprint density at radius 2 is 2.05 bits per heavy atom. The second-order valence-corrected chi connectivity index (χ2v) is 7.03. The third-order valence-corrected chi connectivity index (χ3v) is 4.91. The fourth-order valence-corrected chi connectivity index (χ4v) is 3.14. The van der Waals surface area contributed by atoms with Crippen LogP contribution in [0.2, 0.25) is 0 Å². The van der Waals surface area contributed by atoms with Gasteiger partial charge in [-0.3, -0.25) is 9.69 Å². The molecule has 1 aliphatic rings. The van der Waals surface area contributed by atoms with Gasteiger partial charge >= 0.3 is 0 Å². The topological polar surface area (TPSA) is 49.6 Å². The highest BCUT2D eigenvalue weighted by Crippen LogP contribution is 2.30. The summed E-state index contributed by atoms with van der Waals surface area (Å²) < 4.78 is 0. The highest BCUT2D eigenvalue weighted by atomic mass is 16.2. The standard InChI is InChI=1S/C18H29N3O/c1-5-20(4)16(14-9-7-6-8-10-14)17(22)21-12-11-15(19)18(2,3)13-21/h6-10,15-16H,5,11-13,19H2,1-4H3. The number of hydrogen-bond donors (Lipinski definition) is 1. The number of carbonyl (C=O) groups excluding carboxylic acids is 1. The molecular formula is C18H29N3O. The van der Waals surface area contributed by atoms with E-state index in [1.807, 2.05) is 42.3 Å². The van der Waals surface area contributed by atoms with Gasteiger partial charge in [-0.25, -0.2) is 0 Å². The fourth-order valence-electron chi connectivity index (χ4n) is 3.14. The average molecular weight is 303 g/mol. The number of likely N-dealkylation sites (tertiary alicyclic amines) is 1. The molecule has 2 rings (SSSR count). The Hall–Kier alpha value is -1.39. The lowest BCUT2D eigenvalue weighted by atomic mass is 9.79. The van der Waals surface area contributed by atoms with Crippen molar-refractivity contribution in [3.8, 4) is 0 Å². The zero-order chi connectivity index (χ0) is 16.3. The van der Waals surface area contributed by atoms with Crippen LogP contribution in [0.3, 0.4) is 0 Å². The summed E-state index contributed by atoms with van der Waals surface area (Å²) in [5, 5.41) is 0. The number of carbonyl (C=O) groups is 1. The van der Waals surface area contributed by atoms with Crippen LogP contribution in [0.15, 0.2) is 30.3 Å². The highest BCUT2D eigenvalue weighted by molar-refractivity contribution is 5.83. The number of amides is 1. The first-order valence-electron chi connectivity index (χ1n) is 8.16. The Kier molecular flexibility index (Phi) is 5.24. The molecule has 0 saturated carbocycles. The van der Waals surface area contributed by atoms with Crippen molar-refractivity contribution in [2.24, 2.45) is 11.1 Å². The Labute approximate surface area is 134 Å². The summed E-state index contributed by atoms with van der Waals surface area (Å²) in [7, 11) is 2.01. The number of piperidine rings is 1. The van der Waals surface area contributed by atoms with E-state index in [0.29, 0.717) is 0 Å². The third kappa shape index (κ3) is 3.50. The van der Waals surface area contributed by atoms with Gasteiger partial charge in [-0.2, -0.15) is 0 Å². The van der Waals surface area contributed by atoms with Crippen LogP contribution in [0.1, 0.15) is 38.8 Å². The van der Waals surface area contributed by atoms with Gasteiger partial charge in [0.15, 0.2) is 0 Å². The van der Waals surface area contributed by atoms with Gasteiger partial charge in [0.1, 0.15) is 6.04 Å². The molecule has 4 heteroatoms. The molecule has 0 aliphatic carbocycles. The van der Waals surface area contributed by atoms with E-state index in [1.165, 1.54) is 0 Å². The summed E-state index contributed by atoms with van der Waals surface area (Å²) in [4.78, 5) is 17.2. The number of likely N-dealkylation sites (N-methyl/N-ethyl adjacent to an activating group) is 1. The van der Waals surface area contributed by atoms with E-state index in [-0.39, 0.29) is 23.4 Å². The molecule has 2 N–H and O–H groups in total. The predicted molar refractivity (Wildman–Crippen MR) is 90.4 cm³/mol. The summed E-state index contributed by atoms with van der Waals surface area (Å²) in [5.41, 5.74) is 7.23. The van der Waals surface area contributed by atoms with E-state index >= 15 is 0 Å². The molecule has 1 aliphatic heterocycles. The minimum absolute atomic E-state index is 0.0278. The molecule has 0 aromatic heterocycles. The summed E-state index contributed by atoms with van der Waals surface area (Å²) in [6.07, 6.45) is 0.871. The first-order valence-corrected chi connectivity index (χ1v) is 8.16.